The van der Waals surface area contributed by atoms with Crippen LogP contribution >= 0.6 is 15.9 Å². The number of halogens is 1. The molecule has 0 aliphatic carbocycles. The maximum absolute atomic E-state index is 4.73. The van der Waals surface area contributed by atoms with Gasteiger partial charge in [-0.05, 0) is 60.9 Å². The van der Waals surface area contributed by atoms with E-state index < -0.39 is 0 Å². The van der Waals surface area contributed by atoms with Crippen LogP contribution in [0.25, 0.3) is 5.52 Å². The first-order chi connectivity index (χ1) is 8.27. The van der Waals surface area contributed by atoms with Crippen molar-refractivity contribution in [3.05, 3.63) is 34.3 Å². The van der Waals surface area contributed by atoms with Crippen LogP contribution in [-0.4, -0.2) is 22.5 Å². The second-order valence-corrected chi connectivity index (χ2v) is 5.42. The van der Waals surface area contributed by atoms with E-state index in [-0.39, 0.29) is 0 Å². The van der Waals surface area contributed by atoms with Crippen molar-refractivity contribution in [3.8, 4) is 0 Å². The minimum absolute atomic E-state index is 0.580. The molecular formula is C13H16BrN3. The molecule has 1 N–H and O–H groups in total. The fourth-order valence-corrected chi connectivity index (χ4v) is 3.14. The Morgan fingerprint density at radius 1 is 1.35 bits per heavy atom. The molecule has 0 spiro atoms. The summed E-state index contributed by atoms with van der Waals surface area (Å²) < 4.78 is 3.26. The van der Waals surface area contributed by atoms with Crippen molar-refractivity contribution < 1.29 is 0 Å². The summed E-state index contributed by atoms with van der Waals surface area (Å²) in [6.45, 7) is 4.35. The van der Waals surface area contributed by atoms with Gasteiger partial charge < -0.3 is 5.32 Å². The molecule has 0 saturated carbocycles. The van der Waals surface area contributed by atoms with E-state index >= 15 is 0 Å². The molecule has 3 rings (SSSR count). The van der Waals surface area contributed by atoms with Crippen molar-refractivity contribution in [2.24, 2.45) is 0 Å². The van der Waals surface area contributed by atoms with Gasteiger partial charge in [-0.15, -0.1) is 0 Å². The minimum atomic E-state index is 0.580. The quantitative estimate of drug-likeness (QED) is 0.876. The van der Waals surface area contributed by atoms with Gasteiger partial charge in [0.15, 0.2) is 0 Å². The molecule has 2 aromatic heterocycles. The predicted octanol–water partition coefficient (Wildman–Crippen LogP) is 2.87. The van der Waals surface area contributed by atoms with Gasteiger partial charge in [0.2, 0.25) is 0 Å². The third kappa shape index (κ3) is 1.89. The normalized spacial score (nSPS) is 17.8. The van der Waals surface area contributed by atoms with E-state index in [1.165, 1.54) is 29.9 Å². The Morgan fingerprint density at radius 2 is 2.12 bits per heavy atom. The molecule has 1 aliphatic rings. The SMILES string of the molecule is Cc1cccc2c(Br)nc(C3CCNCC3)n12. The summed E-state index contributed by atoms with van der Waals surface area (Å²) in [5.74, 6) is 1.79. The lowest BCUT2D eigenvalue weighted by atomic mass is 9.97. The van der Waals surface area contributed by atoms with Gasteiger partial charge in [-0.25, -0.2) is 4.98 Å². The highest BCUT2D eigenvalue weighted by atomic mass is 79.9. The monoisotopic (exact) mass is 293 g/mol. The van der Waals surface area contributed by atoms with E-state index in [4.69, 9.17) is 4.98 Å². The molecule has 0 amide bonds. The molecule has 0 bridgehead atoms. The van der Waals surface area contributed by atoms with Crippen molar-refractivity contribution in [2.75, 3.05) is 13.1 Å². The minimum Gasteiger partial charge on any atom is -0.317 e. The Bertz CT molecular complexity index is 541. The maximum atomic E-state index is 4.73. The molecule has 3 nitrogen and oxygen atoms in total. The van der Waals surface area contributed by atoms with Gasteiger partial charge in [0, 0.05) is 11.6 Å². The van der Waals surface area contributed by atoms with Gasteiger partial charge in [-0.1, -0.05) is 6.07 Å². The highest BCUT2D eigenvalue weighted by Crippen LogP contribution is 2.29. The Morgan fingerprint density at radius 3 is 2.88 bits per heavy atom. The number of rotatable bonds is 1. The van der Waals surface area contributed by atoms with Crippen LogP contribution in [0.1, 0.15) is 30.3 Å². The topological polar surface area (TPSA) is 29.3 Å². The molecule has 0 aromatic carbocycles. The average molecular weight is 294 g/mol. The number of fused-ring (bicyclic) bond motifs is 1. The van der Waals surface area contributed by atoms with E-state index in [1.807, 2.05) is 0 Å². The summed E-state index contributed by atoms with van der Waals surface area (Å²) in [4.78, 5) is 4.73. The molecule has 3 heterocycles. The van der Waals surface area contributed by atoms with Crippen LogP contribution in [0.3, 0.4) is 0 Å². The fraction of sp³-hybridized carbons (Fsp3) is 0.462. The van der Waals surface area contributed by atoms with Crippen LogP contribution in [0.15, 0.2) is 22.8 Å². The van der Waals surface area contributed by atoms with Crippen molar-refractivity contribution in [3.63, 3.8) is 0 Å². The van der Waals surface area contributed by atoms with E-state index in [0.717, 1.165) is 17.7 Å². The van der Waals surface area contributed by atoms with Crippen molar-refractivity contribution in [2.45, 2.75) is 25.7 Å². The molecule has 90 valence electrons. The highest BCUT2D eigenvalue weighted by Gasteiger charge is 2.21. The van der Waals surface area contributed by atoms with Gasteiger partial charge in [-0.2, -0.15) is 0 Å². The Hall–Kier alpha value is -0.870. The summed E-state index contributed by atoms with van der Waals surface area (Å²) in [7, 11) is 0. The van der Waals surface area contributed by atoms with Crippen LogP contribution in [0.4, 0.5) is 0 Å². The molecule has 1 fully saturated rings. The van der Waals surface area contributed by atoms with Gasteiger partial charge in [0.25, 0.3) is 0 Å². The van der Waals surface area contributed by atoms with Gasteiger partial charge in [0.05, 0.1) is 5.52 Å². The summed E-state index contributed by atoms with van der Waals surface area (Å²) >= 11 is 3.57. The molecule has 2 aromatic rings. The third-order valence-electron chi connectivity index (χ3n) is 3.54. The first-order valence-corrected chi connectivity index (χ1v) is 6.91. The number of nitrogens with one attached hydrogen (secondary N) is 1. The largest absolute Gasteiger partial charge is 0.317 e. The van der Waals surface area contributed by atoms with Gasteiger partial charge in [0.1, 0.15) is 10.4 Å². The van der Waals surface area contributed by atoms with E-state index in [9.17, 15) is 0 Å². The fourth-order valence-electron chi connectivity index (χ4n) is 2.64. The molecule has 0 atom stereocenters. The number of hydrogen-bond acceptors (Lipinski definition) is 2. The zero-order valence-electron chi connectivity index (χ0n) is 9.91. The molecule has 1 saturated heterocycles. The smallest absolute Gasteiger partial charge is 0.132 e. The molecule has 1 aliphatic heterocycles. The summed E-state index contributed by atoms with van der Waals surface area (Å²) in [5, 5.41) is 3.41. The molecule has 0 radical (unpaired) electrons. The second-order valence-electron chi connectivity index (χ2n) is 4.67. The number of piperidine rings is 1. The standard InChI is InChI=1S/C13H16BrN3/c1-9-3-2-4-11-12(14)16-13(17(9)11)10-5-7-15-8-6-10/h2-4,10,15H,5-8H2,1H3. The van der Waals surface area contributed by atoms with E-state index in [2.05, 4.69) is 50.8 Å². The third-order valence-corrected chi connectivity index (χ3v) is 4.13. The number of aromatic nitrogens is 2. The second kappa shape index (κ2) is 4.42. The Labute approximate surface area is 109 Å². The molecule has 4 heteroatoms. The van der Waals surface area contributed by atoms with Crippen molar-refractivity contribution in [1.82, 2.24) is 14.7 Å². The maximum Gasteiger partial charge on any atom is 0.132 e. The van der Waals surface area contributed by atoms with Gasteiger partial charge >= 0.3 is 0 Å². The van der Waals surface area contributed by atoms with Crippen LogP contribution in [-0.2, 0) is 0 Å². The number of pyridine rings is 1. The lowest BCUT2D eigenvalue weighted by Crippen LogP contribution is -2.27. The van der Waals surface area contributed by atoms with Crippen molar-refractivity contribution >= 4 is 21.4 Å². The van der Waals surface area contributed by atoms with Crippen molar-refractivity contribution in [1.29, 1.82) is 0 Å². The van der Waals surface area contributed by atoms with Crippen LogP contribution in [0.2, 0.25) is 0 Å². The lowest BCUT2D eigenvalue weighted by molar-refractivity contribution is 0.443. The zero-order valence-corrected chi connectivity index (χ0v) is 11.5. The Kier molecular flexibility index (Phi) is 2.92. The Balaban J connectivity index is 2.15. The van der Waals surface area contributed by atoms with Crippen LogP contribution in [0, 0.1) is 6.92 Å². The van der Waals surface area contributed by atoms with E-state index in [0.29, 0.717) is 5.92 Å². The first kappa shape index (κ1) is 11.2. The predicted molar refractivity (Wildman–Crippen MR) is 72.5 cm³/mol. The number of hydrogen-bond donors (Lipinski definition) is 1. The number of aryl methyl sites for hydroxylation is 1. The molecule has 17 heavy (non-hydrogen) atoms. The molecular weight excluding hydrogens is 278 g/mol. The van der Waals surface area contributed by atoms with Crippen LogP contribution in [0.5, 0.6) is 0 Å². The average Bonchev–Trinajstić information content (AvgIpc) is 2.70. The zero-order chi connectivity index (χ0) is 11.8. The summed E-state index contributed by atoms with van der Waals surface area (Å²) in [6.07, 6.45) is 2.36. The number of imidazole rings is 1. The molecule has 0 unspecified atom stereocenters. The summed E-state index contributed by atoms with van der Waals surface area (Å²) in [6, 6.07) is 6.35. The van der Waals surface area contributed by atoms with Gasteiger partial charge in [-0.3, -0.25) is 4.40 Å². The lowest BCUT2D eigenvalue weighted by Gasteiger charge is -2.22. The van der Waals surface area contributed by atoms with Crippen LogP contribution < -0.4 is 5.32 Å². The highest BCUT2D eigenvalue weighted by molar-refractivity contribution is 9.10. The first-order valence-electron chi connectivity index (χ1n) is 6.11. The summed E-state index contributed by atoms with van der Waals surface area (Å²) in [5.41, 5.74) is 2.44. The number of nitrogens with zero attached hydrogens (tertiary/aromatic N) is 2. The van der Waals surface area contributed by atoms with E-state index in [1.54, 1.807) is 0 Å².